The number of anilines is 1. The summed E-state index contributed by atoms with van der Waals surface area (Å²) < 4.78 is 0. The molecule has 0 radical (unpaired) electrons. The number of aromatic nitrogens is 2. The quantitative estimate of drug-likeness (QED) is 0.619. The highest BCUT2D eigenvalue weighted by Crippen LogP contribution is 2.26. The number of piperidine rings is 2. The molecule has 2 N–H and O–H groups in total. The molecule has 4 heterocycles. The van der Waals surface area contributed by atoms with Gasteiger partial charge in [-0.1, -0.05) is 24.3 Å². The van der Waals surface area contributed by atoms with Gasteiger partial charge in [0.2, 0.25) is 5.91 Å². The van der Waals surface area contributed by atoms with Gasteiger partial charge in [-0.15, -0.1) is 0 Å². The molecule has 9 nitrogen and oxygen atoms in total. The van der Waals surface area contributed by atoms with Crippen molar-refractivity contribution in [2.24, 2.45) is 5.92 Å². The summed E-state index contributed by atoms with van der Waals surface area (Å²) in [7, 11) is 0. The van der Waals surface area contributed by atoms with E-state index in [2.05, 4.69) is 44.5 Å². The Hall–Kier alpha value is -3.04. The summed E-state index contributed by atoms with van der Waals surface area (Å²) in [5, 5.41) is 14.3. The van der Waals surface area contributed by atoms with E-state index in [0.29, 0.717) is 30.5 Å². The molecule has 2 aromatic rings. The van der Waals surface area contributed by atoms with Gasteiger partial charge < -0.3 is 20.2 Å². The highest BCUT2D eigenvalue weighted by Gasteiger charge is 2.35. The lowest BCUT2D eigenvalue weighted by Crippen LogP contribution is -2.56. The topological polar surface area (TPSA) is 102 Å². The highest BCUT2D eigenvalue weighted by molar-refractivity contribution is 5.93. The average Bonchev–Trinajstić information content (AvgIpc) is 2.93. The van der Waals surface area contributed by atoms with Crippen LogP contribution in [0.3, 0.4) is 0 Å². The van der Waals surface area contributed by atoms with E-state index in [0.717, 1.165) is 64.8 Å². The maximum Gasteiger partial charge on any atom is 0.272 e. The van der Waals surface area contributed by atoms with Crippen molar-refractivity contribution < 1.29 is 14.7 Å². The van der Waals surface area contributed by atoms with Gasteiger partial charge in [0.25, 0.3) is 5.91 Å². The second-order valence-electron chi connectivity index (χ2n) is 10.6. The summed E-state index contributed by atoms with van der Waals surface area (Å²) in [5.41, 5.74) is 3.08. The van der Waals surface area contributed by atoms with Crippen molar-refractivity contribution in [2.75, 3.05) is 44.6 Å². The predicted octanol–water partition coefficient (Wildman–Crippen LogP) is 2.17. The summed E-state index contributed by atoms with van der Waals surface area (Å²) in [5.74, 6) is 1.22. The first-order valence-corrected chi connectivity index (χ1v) is 13.6. The SMILES string of the molecule is CC(=O)N1CCC(CCNc2cc(C(=O)N3CC[C@@H](N4CCc5ccccc5C4)[C@H](O)C3)ncn2)CC1. The van der Waals surface area contributed by atoms with E-state index >= 15 is 0 Å². The lowest BCUT2D eigenvalue weighted by molar-refractivity contribution is -0.130. The molecule has 3 aliphatic heterocycles. The Morgan fingerprint density at radius 1 is 1.03 bits per heavy atom. The van der Waals surface area contributed by atoms with Crippen LogP contribution in [0.15, 0.2) is 36.7 Å². The molecule has 37 heavy (non-hydrogen) atoms. The van der Waals surface area contributed by atoms with E-state index in [1.807, 2.05) is 4.90 Å². The van der Waals surface area contributed by atoms with Gasteiger partial charge in [0.1, 0.15) is 17.8 Å². The van der Waals surface area contributed by atoms with Crippen LogP contribution in [0.4, 0.5) is 5.82 Å². The largest absolute Gasteiger partial charge is 0.390 e. The zero-order valence-electron chi connectivity index (χ0n) is 21.7. The van der Waals surface area contributed by atoms with E-state index in [4.69, 9.17) is 0 Å². The van der Waals surface area contributed by atoms with Crippen LogP contribution in [-0.2, 0) is 17.8 Å². The Kier molecular flexibility index (Phi) is 8.00. The molecule has 2 amide bonds. The number of amides is 2. The van der Waals surface area contributed by atoms with Crippen molar-refractivity contribution in [1.29, 1.82) is 0 Å². The minimum atomic E-state index is -0.586. The van der Waals surface area contributed by atoms with Gasteiger partial charge in [0.05, 0.1) is 6.10 Å². The van der Waals surface area contributed by atoms with E-state index in [9.17, 15) is 14.7 Å². The summed E-state index contributed by atoms with van der Waals surface area (Å²) >= 11 is 0. The number of aliphatic hydroxyl groups is 1. The number of carbonyl (C=O) groups excluding carboxylic acids is 2. The highest BCUT2D eigenvalue weighted by atomic mass is 16.3. The first-order valence-electron chi connectivity index (χ1n) is 13.6. The number of hydrogen-bond donors (Lipinski definition) is 2. The molecule has 5 rings (SSSR count). The molecular formula is C28H38N6O3. The Morgan fingerprint density at radius 3 is 2.54 bits per heavy atom. The molecular weight excluding hydrogens is 468 g/mol. The van der Waals surface area contributed by atoms with Crippen molar-refractivity contribution in [3.63, 3.8) is 0 Å². The van der Waals surface area contributed by atoms with Crippen molar-refractivity contribution in [2.45, 2.75) is 57.7 Å². The van der Waals surface area contributed by atoms with Crippen LogP contribution in [0.2, 0.25) is 0 Å². The van der Waals surface area contributed by atoms with Gasteiger partial charge in [-0.25, -0.2) is 9.97 Å². The fourth-order valence-electron chi connectivity index (χ4n) is 6.00. The standard InChI is InChI=1S/C28H38N6O3/c1-20(35)32-12-7-21(8-13-32)6-11-29-27-16-24(30-19-31-27)28(37)34-15-10-25(26(36)18-34)33-14-9-22-4-2-3-5-23(22)17-33/h2-5,16,19,21,25-26,36H,6-15,17-18H2,1H3,(H,29,30,31)/t25-,26-/m1/s1. The Labute approximate surface area is 218 Å². The zero-order chi connectivity index (χ0) is 25.8. The predicted molar refractivity (Wildman–Crippen MR) is 141 cm³/mol. The normalized spacial score (nSPS) is 23.0. The summed E-state index contributed by atoms with van der Waals surface area (Å²) in [6, 6.07) is 10.3. The van der Waals surface area contributed by atoms with Crippen LogP contribution >= 0.6 is 0 Å². The number of aliphatic hydroxyl groups excluding tert-OH is 1. The van der Waals surface area contributed by atoms with Gasteiger partial charge in [0.15, 0.2) is 0 Å². The molecule has 0 bridgehead atoms. The van der Waals surface area contributed by atoms with Gasteiger partial charge in [-0.05, 0) is 49.1 Å². The van der Waals surface area contributed by atoms with Crippen molar-refractivity contribution in [1.82, 2.24) is 24.7 Å². The number of carbonyl (C=O) groups is 2. The molecule has 198 valence electrons. The molecule has 2 fully saturated rings. The molecule has 0 spiro atoms. The lowest BCUT2D eigenvalue weighted by Gasteiger charge is -2.43. The molecule has 9 heteroatoms. The maximum atomic E-state index is 13.2. The van der Waals surface area contributed by atoms with Crippen LogP contribution in [0.1, 0.15) is 54.2 Å². The fraction of sp³-hybridized carbons (Fsp3) is 0.571. The average molecular weight is 507 g/mol. The van der Waals surface area contributed by atoms with E-state index < -0.39 is 6.10 Å². The second kappa shape index (κ2) is 11.6. The van der Waals surface area contributed by atoms with Crippen molar-refractivity contribution in [3.05, 3.63) is 53.5 Å². The third-order valence-electron chi connectivity index (χ3n) is 8.27. The molecule has 0 saturated carbocycles. The van der Waals surface area contributed by atoms with Gasteiger partial charge in [0, 0.05) is 64.8 Å². The minimum absolute atomic E-state index is 0.0577. The third kappa shape index (κ3) is 6.10. The third-order valence-corrected chi connectivity index (χ3v) is 8.27. The van der Waals surface area contributed by atoms with Crippen LogP contribution in [0.25, 0.3) is 0 Å². The minimum Gasteiger partial charge on any atom is -0.390 e. The van der Waals surface area contributed by atoms with Crippen molar-refractivity contribution in [3.8, 4) is 0 Å². The Bertz CT molecular complexity index is 1100. The number of fused-ring (bicyclic) bond motifs is 1. The van der Waals surface area contributed by atoms with Gasteiger partial charge >= 0.3 is 0 Å². The molecule has 0 unspecified atom stereocenters. The Morgan fingerprint density at radius 2 is 1.78 bits per heavy atom. The zero-order valence-corrected chi connectivity index (χ0v) is 21.7. The number of benzene rings is 1. The van der Waals surface area contributed by atoms with Crippen LogP contribution in [-0.4, -0.2) is 93.0 Å². The fourth-order valence-corrected chi connectivity index (χ4v) is 6.00. The number of hydrogen-bond acceptors (Lipinski definition) is 7. The number of likely N-dealkylation sites (tertiary alicyclic amines) is 2. The lowest BCUT2D eigenvalue weighted by atomic mass is 9.93. The first-order chi connectivity index (χ1) is 18.0. The number of nitrogens with zero attached hydrogens (tertiary/aromatic N) is 5. The van der Waals surface area contributed by atoms with Crippen LogP contribution < -0.4 is 5.32 Å². The summed E-state index contributed by atoms with van der Waals surface area (Å²) in [6.45, 7) is 6.76. The molecule has 2 saturated heterocycles. The van der Waals surface area contributed by atoms with E-state index in [1.165, 1.54) is 17.5 Å². The molecule has 2 atom stereocenters. The summed E-state index contributed by atoms with van der Waals surface area (Å²) in [4.78, 5) is 39.2. The molecule has 1 aromatic heterocycles. The molecule has 3 aliphatic rings. The Balaban J connectivity index is 1.10. The van der Waals surface area contributed by atoms with E-state index in [1.54, 1.807) is 17.9 Å². The number of rotatable bonds is 6. The van der Waals surface area contributed by atoms with Gasteiger partial charge in [-0.2, -0.15) is 0 Å². The summed E-state index contributed by atoms with van der Waals surface area (Å²) in [6.07, 6.45) is 5.63. The van der Waals surface area contributed by atoms with Crippen molar-refractivity contribution >= 4 is 17.6 Å². The van der Waals surface area contributed by atoms with Gasteiger partial charge in [-0.3, -0.25) is 14.5 Å². The second-order valence-corrected chi connectivity index (χ2v) is 10.6. The molecule has 0 aliphatic carbocycles. The van der Waals surface area contributed by atoms with Crippen LogP contribution in [0.5, 0.6) is 0 Å². The smallest absolute Gasteiger partial charge is 0.272 e. The van der Waals surface area contributed by atoms with Crippen LogP contribution in [0, 0.1) is 5.92 Å². The maximum absolute atomic E-state index is 13.2. The van der Waals surface area contributed by atoms with E-state index in [-0.39, 0.29) is 17.9 Å². The number of β-amino-alcohol motifs (C(OH)–C–C–N with tert-alkyl or cyclic N) is 1. The monoisotopic (exact) mass is 506 g/mol. The number of nitrogens with one attached hydrogen (secondary N) is 1. The molecule has 1 aromatic carbocycles. The first kappa shape index (κ1) is 25.6.